The van der Waals surface area contributed by atoms with Gasteiger partial charge in [0.05, 0.1) is 12.2 Å². The molecule has 0 aliphatic carbocycles. The Labute approximate surface area is 159 Å². The maximum absolute atomic E-state index is 4.81. The van der Waals surface area contributed by atoms with E-state index < -0.39 is 0 Å². The summed E-state index contributed by atoms with van der Waals surface area (Å²) in [5.41, 5.74) is 2.22. The highest BCUT2D eigenvalue weighted by Crippen LogP contribution is 2.12. The Morgan fingerprint density at radius 1 is 1.27 bits per heavy atom. The van der Waals surface area contributed by atoms with E-state index in [0.29, 0.717) is 6.54 Å². The third-order valence-corrected chi connectivity index (χ3v) is 5.00. The first kappa shape index (κ1) is 18.2. The first-order chi connectivity index (χ1) is 12.8. The van der Waals surface area contributed by atoms with Crippen molar-refractivity contribution in [2.24, 2.45) is 4.99 Å². The molecule has 0 spiro atoms. The van der Waals surface area contributed by atoms with Gasteiger partial charge in [-0.3, -0.25) is 0 Å². The van der Waals surface area contributed by atoms with E-state index in [9.17, 15) is 0 Å². The average Bonchev–Trinajstić information content (AvgIpc) is 3.37. The quantitative estimate of drug-likeness (QED) is 0.513. The summed E-state index contributed by atoms with van der Waals surface area (Å²) < 4.78 is 1.87. The number of nitrogens with one attached hydrogen (secondary N) is 1. The second-order valence-corrected chi connectivity index (χ2v) is 7.07. The molecule has 0 aliphatic heterocycles. The summed E-state index contributed by atoms with van der Waals surface area (Å²) in [4.78, 5) is 8.41. The van der Waals surface area contributed by atoms with Crippen LogP contribution in [0.25, 0.3) is 5.69 Å². The van der Waals surface area contributed by atoms with Crippen molar-refractivity contribution in [1.29, 1.82) is 0 Å². The van der Waals surface area contributed by atoms with E-state index in [-0.39, 0.29) is 0 Å². The lowest BCUT2D eigenvalue weighted by atomic mass is 10.2. The number of aromatic nitrogens is 2. The molecule has 1 N–H and O–H groups in total. The highest BCUT2D eigenvalue weighted by atomic mass is 32.1. The van der Waals surface area contributed by atoms with Crippen molar-refractivity contribution in [1.82, 2.24) is 20.0 Å². The minimum absolute atomic E-state index is 0.640. The van der Waals surface area contributed by atoms with Gasteiger partial charge in [-0.25, -0.2) is 9.67 Å². The van der Waals surface area contributed by atoms with Crippen LogP contribution in [-0.2, 0) is 13.0 Å². The van der Waals surface area contributed by atoms with Crippen molar-refractivity contribution in [3.63, 3.8) is 0 Å². The second-order valence-electron chi connectivity index (χ2n) is 6.04. The maximum atomic E-state index is 4.81. The lowest BCUT2D eigenvalue weighted by molar-refractivity contribution is 0.486. The number of likely N-dealkylation sites (N-methyl/N-ethyl adjacent to an activating group) is 1. The molecule has 0 aliphatic rings. The van der Waals surface area contributed by atoms with Gasteiger partial charge >= 0.3 is 0 Å². The van der Waals surface area contributed by atoms with Gasteiger partial charge in [0, 0.05) is 37.4 Å². The van der Waals surface area contributed by atoms with Crippen LogP contribution in [0.15, 0.2) is 65.2 Å². The molecule has 6 heteroatoms. The van der Waals surface area contributed by atoms with Gasteiger partial charge in [0.1, 0.15) is 0 Å². The van der Waals surface area contributed by atoms with Crippen molar-refractivity contribution in [2.45, 2.75) is 19.9 Å². The van der Waals surface area contributed by atoms with Crippen LogP contribution in [0.1, 0.15) is 17.4 Å². The summed E-state index contributed by atoms with van der Waals surface area (Å²) in [5, 5.41) is 9.80. The third kappa shape index (κ3) is 4.95. The number of hydrogen-bond acceptors (Lipinski definition) is 3. The molecule has 0 bridgehead atoms. The Morgan fingerprint density at radius 3 is 2.92 bits per heavy atom. The fourth-order valence-electron chi connectivity index (χ4n) is 2.69. The summed E-state index contributed by atoms with van der Waals surface area (Å²) in [6.45, 7) is 4.54. The number of benzene rings is 1. The highest BCUT2D eigenvalue weighted by molar-refractivity contribution is 7.09. The Balaban J connectivity index is 1.65. The Kier molecular flexibility index (Phi) is 6.44. The van der Waals surface area contributed by atoms with Crippen LogP contribution >= 0.6 is 11.3 Å². The molecule has 3 aromatic rings. The van der Waals surface area contributed by atoms with Gasteiger partial charge < -0.3 is 10.2 Å². The van der Waals surface area contributed by atoms with Crippen molar-refractivity contribution >= 4 is 17.3 Å². The van der Waals surface area contributed by atoms with Gasteiger partial charge in [0.15, 0.2) is 5.96 Å². The van der Waals surface area contributed by atoms with Crippen LogP contribution in [0.2, 0.25) is 0 Å². The van der Waals surface area contributed by atoms with E-state index in [4.69, 9.17) is 4.99 Å². The fraction of sp³-hybridized carbons (Fsp3) is 0.300. The van der Waals surface area contributed by atoms with Gasteiger partial charge in [0.25, 0.3) is 0 Å². The smallest absolute Gasteiger partial charge is 0.193 e. The molecule has 3 rings (SSSR count). The molecule has 0 radical (unpaired) electrons. The number of nitrogens with zero attached hydrogens (tertiary/aromatic N) is 4. The predicted molar refractivity (Wildman–Crippen MR) is 109 cm³/mol. The Bertz CT molecular complexity index is 809. The maximum Gasteiger partial charge on any atom is 0.193 e. The summed E-state index contributed by atoms with van der Waals surface area (Å²) in [7, 11) is 2.09. The van der Waals surface area contributed by atoms with Crippen LogP contribution in [0.5, 0.6) is 0 Å². The van der Waals surface area contributed by atoms with Gasteiger partial charge in [0.2, 0.25) is 0 Å². The molecular formula is C20H25N5S. The number of rotatable bonds is 7. The van der Waals surface area contributed by atoms with Gasteiger partial charge in [-0.2, -0.15) is 5.10 Å². The number of guanidine groups is 1. The summed E-state index contributed by atoms with van der Waals surface area (Å²) in [5.74, 6) is 0.938. The monoisotopic (exact) mass is 367 g/mol. The predicted octanol–water partition coefficient (Wildman–Crippen LogP) is 3.57. The Hall–Kier alpha value is -2.60. The first-order valence-corrected chi connectivity index (χ1v) is 9.75. The van der Waals surface area contributed by atoms with E-state index in [1.165, 1.54) is 10.4 Å². The first-order valence-electron chi connectivity index (χ1n) is 8.87. The molecule has 0 atom stereocenters. The van der Waals surface area contributed by atoms with Crippen molar-refractivity contribution < 1.29 is 0 Å². The van der Waals surface area contributed by atoms with E-state index in [0.717, 1.165) is 31.2 Å². The molecule has 0 saturated carbocycles. The molecule has 0 fully saturated rings. The number of thiophene rings is 1. The van der Waals surface area contributed by atoms with E-state index >= 15 is 0 Å². The van der Waals surface area contributed by atoms with Crippen molar-refractivity contribution in [3.05, 3.63) is 70.7 Å². The largest absolute Gasteiger partial charge is 0.357 e. The van der Waals surface area contributed by atoms with Crippen LogP contribution in [0.4, 0.5) is 0 Å². The van der Waals surface area contributed by atoms with E-state index in [1.54, 1.807) is 17.5 Å². The molecule has 0 unspecified atom stereocenters. The molecule has 0 saturated heterocycles. The van der Waals surface area contributed by atoms with Gasteiger partial charge in [-0.1, -0.05) is 18.2 Å². The summed E-state index contributed by atoms with van der Waals surface area (Å²) in [6.07, 6.45) is 4.77. The lowest BCUT2D eigenvalue weighted by Gasteiger charge is -2.21. The van der Waals surface area contributed by atoms with Gasteiger partial charge in [-0.05, 0) is 48.6 Å². The third-order valence-electron chi connectivity index (χ3n) is 4.06. The highest BCUT2D eigenvalue weighted by Gasteiger charge is 2.06. The summed E-state index contributed by atoms with van der Waals surface area (Å²) in [6, 6.07) is 14.6. The van der Waals surface area contributed by atoms with E-state index in [2.05, 4.69) is 71.1 Å². The zero-order valence-corrected chi connectivity index (χ0v) is 16.1. The van der Waals surface area contributed by atoms with Gasteiger partial charge in [-0.15, -0.1) is 11.3 Å². The molecule has 1 aromatic carbocycles. The Morgan fingerprint density at radius 2 is 2.19 bits per heavy atom. The van der Waals surface area contributed by atoms with Crippen LogP contribution in [-0.4, -0.2) is 40.8 Å². The molecular weight excluding hydrogens is 342 g/mol. The molecule has 0 amide bonds. The topological polar surface area (TPSA) is 45.5 Å². The number of hydrogen-bond donors (Lipinski definition) is 1. The molecule has 26 heavy (non-hydrogen) atoms. The van der Waals surface area contributed by atoms with Crippen molar-refractivity contribution in [2.75, 3.05) is 20.1 Å². The lowest BCUT2D eigenvalue weighted by Crippen LogP contribution is -2.39. The molecule has 2 heterocycles. The van der Waals surface area contributed by atoms with Crippen LogP contribution < -0.4 is 5.32 Å². The fourth-order valence-corrected chi connectivity index (χ4v) is 3.39. The zero-order valence-electron chi connectivity index (χ0n) is 15.3. The molecule has 136 valence electrons. The molecule has 2 aromatic heterocycles. The van der Waals surface area contributed by atoms with Crippen LogP contribution in [0.3, 0.4) is 0 Å². The SMILES string of the molecule is CCNC(=NCc1cccc(-n2cccn2)c1)N(C)CCc1cccs1. The number of aliphatic imine (C=N–C) groups is 1. The minimum atomic E-state index is 0.640. The summed E-state index contributed by atoms with van der Waals surface area (Å²) >= 11 is 1.81. The zero-order chi connectivity index (χ0) is 18.2. The van der Waals surface area contributed by atoms with Crippen LogP contribution in [0, 0.1) is 0 Å². The standard InChI is InChI=1S/C20H25N5S/c1-3-21-20(24(2)13-10-19-9-5-14-26-19)22-16-17-7-4-8-18(15-17)25-12-6-11-23-25/h4-9,11-12,14-15H,3,10,13,16H2,1-2H3,(H,21,22). The van der Waals surface area contributed by atoms with E-state index in [1.807, 2.05) is 16.9 Å². The normalized spacial score (nSPS) is 11.5. The minimum Gasteiger partial charge on any atom is -0.357 e. The molecule has 5 nitrogen and oxygen atoms in total. The van der Waals surface area contributed by atoms with Crippen molar-refractivity contribution in [3.8, 4) is 5.69 Å². The second kappa shape index (κ2) is 9.20. The average molecular weight is 368 g/mol.